The van der Waals surface area contributed by atoms with E-state index in [1.54, 1.807) is 0 Å². The first kappa shape index (κ1) is 15.6. The average Bonchev–Trinajstić information content (AvgIpc) is 3.01. The van der Waals surface area contributed by atoms with Gasteiger partial charge >= 0.3 is 0 Å². The molecular weight excluding hydrogens is 284 g/mol. The zero-order valence-electron chi connectivity index (χ0n) is 13.1. The number of amides is 1. The maximum Gasteiger partial charge on any atom is 0.239 e. The van der Waals surface area contributed by atoms with Gasteiger partial charge in [0.15, 0.2) is 0 Å². The number of thioether (sulfide) groups is 1. The summed E-state index contributed by atoms with van der Waals surface area (Å²) < 4.78 is 6.13. The minimum absolute atomic E-state index is 0.0544. The van der Waals surface area contributed by atoms with Crippen molar-refractivity contribution in [2.45, 2.75) is 63.1 Å². The highest BCUT2D eigenvalue weighted by Gasteiger charge is 2.39. The smallest absolute Gasteiger partial charge is 0.239 e. The van der Waals surface area contributed by atoms with Crippen LogP contribution < -0.4 is 5.32 Å². The monoisotopic (exact) mass is 312 g/mol. The summed E-state index contributed by atoms with van der Waals surface area (Å²) in [5, 5.41) is 3.59. The van der Waals surface area contributed by atoms with E-state index < -0.39 is 0 Å². The van der Waals surface area contributed by atoms with E-state index in [0.717, 1.165) is 45.4 Å². The first-order valence-corrected chi connectivity index (χ1v) is 9.61. The van der Waals surface area contributed by atoms with Crippen molar-refractivity contribution in [1.29, 1.82) is 0 Å². The van der Waals surface area contributed by atoms with E-state index >= 15 is 0 Å². The first-order valence-electron chi connectivity index (χ1n) is 8.45. The van der Waals surface area contributed by atoms with Gasteiger partial charge in [0, 0.05) is 25.7 Å². The Kier molecular flexibility index (Phi) is 5.12. The lowest BCUT2D eigenvalue weighted by atomic mass is 9.85. The Morgan fingerprint density at radius 3 is 2.76 bits per heavy atom. The summed E-state index contributed by atoms with van der Waals surface area (Å²) in [6.45, 7) is 4.76. The van der Waals surface area contributed by atoms with Crippen LogP contribution in [-0.2, 0) is 9.53 Å². The maximum absolute atomic E-state index is 12.4. The van der Waals surface area contributed by atoms with Gasteiger partial charge in [0.2, 0.25) is 5.91 Å². The Balaban J connectivity index is 1.52. The molecule has 0 aliphatic carbocycles. The highest BCUT2D eigenvalue weighted by Crippen LogP contribution is 2.37. The van der Waals surface area contributed by atoms with Gasteiger partial charge in [-0.15, -0.1) is 0 Å². The molecule has 0 saturated carbocycles. The van der Waals surface area contributed by atoms with Crippen LogP contribution in [0.15, 0.2) is 0 Å². The molecule has 3 fully saturated rings. The Hall–Kier alpha value is -0.260. The highest BCUT2D eigenvalue weighted by atomic mass is 32.2. The molecule has 5 heteroatoms. The van der Waals surface area contributed by atoms with Crippen molar-refractivity contribution < 1.29 is 9.53 Å². The molecule has 2 unspecified atom stereocenters. The quantitative estimate of drug-likeness (QED) is 0.866. The third-order valence-corrected chi connectivity index (χ3v) is 6.16. The zero-order valence-corrected chi connectivity index (χ0v) is 13.9. The summed E-state index contributed by atoms with van der Waals surface area (Å²) in [6.07, 6.45) is 6.78. The number of nitrogens with zero attached hydrogens (tertiary/aromatic N) is 1. The number of nitrogens with one attached hydrogen (secondary N) is 1. The Bertz CT molecular complexity index is 360. The standard InChI is InChI=1S/C16H28N2O2S/c1-13(15(19)18-7-2-3-8-18)17-14-4-9-20-16(12-14)5-10-21-11-6-16/h13-14,17H,2-12H2,1H3. The molecule has 1 N–H and O–H groups in total. The summed E-state index contributed by atoms with van der Waals surface area (Å²) in [7, 11) is 0. The normalized spacial score (nSPS) is 30.5. The lowest BCUT2D eigenvalue weighted by Crippen LogP contribution is -2.53. The molecule has 0 aromatic heterocycles. The maximum atomic E-state index is 12.4. The van der Waals surface area contributed by atoms with Crippen molar-refractivity contribution in [3.63, 3.8) is 0 Å². The summed E-state index contributed by atoms with van der Waals surface area (Å²) in [5.74, 6) is 2.72. The third kappa shape index (κ3) is 3.74. The largest absolute Gasteiger partial charge is 0.375 e. The molecule has 0 aromatic rings. The number of rotatable bonds is 3. The molecule has 1 spiro atoms. The lowest BCUT2D eigenvalue weighted by molar-refractivity contribution is -0.133. The summed E-state index contributed by atoms with van der Waals surface area (Å²) in [4.78, 5) is 14.4. The van der Waals surface area contributed by atoms with Gasteiger partial charge in [0.25, 0.3) is 0 Å². The van der Waals surface area contributed by atoms with Gasteiger partial charge in [0.1, 0.15) is 0 Å². The second kappa shape index (κ2) is 6.88. The summed E-state index contributed by atoms with van der Waals surface area (Å²) in [5.41, 5.74) is 0.0948. The van der Waals surface area contributed by atoms with E-state index in [4.69, 9.17) is 4.74 Å². The van der Waals surface area contributed by atoms with Crippen LogP contribution in [0.1, 0.15) is 45.4 Å². The van der Waals surface area contributed by atoms with Crippen LogP contribution in [0.4, 0.5) is 0 Å². The second-order valence-electron chi connectivity index (χ2n) is 6.75. The van der Waals surface area contributed by atoms with Crippen LogP contribution in [0.3, 0.4) is 0 Å². The fourth-order valence-electron chi connectivity index (χ4n) is 3.90. The number of ether oxygens (including phenoxy) is 1. The molecule has 3 heterocycles. The van der Waals surface area contributed by atoms with E-state index in [2.05, 4.69) is 5.32 Å². The number of hydrogen-bond acceptors (Lipinski definition) is 4. The number of hydrogen-bond donors (Lipinski definition) is 1. The van der Waals surface area contributed by atoms with Crippen molar-refractivity contribution >= 4 is 17.7 Å². The number of likely N-dealkylation sites (tertiary alicyclic amines) is 1. The Morgan fingerprint density at radius 2 is 2.05 bits per heavy atom. The van der Waals surface area contributed by atoms with Crippen LogP contribution in [0.2, 0.25) is 0 Å². The molecule has 21 heavy (non-hydrogen) atoms. The van der Waals surface area contributed by atoms with Crippen LogP contribution in [0, 0.1) is 0 Å². The fraction of sp³-hybridized carbons (Fsp3) is 0.938. The van der Waals surface area contributed by atoms with Crippen LogP contribution in [0.5, 0.6) is 0 Å². The molecule has 3 saturated heterocycles. The topological polar surface area (TPSA) is 41.6 Å². The van der Waals surface area contributed by atoms with E-state index in [1.165, 1.54) is 24.3 Å². The van der Waals surface area contributed by atoms with Crippen molar-refractivity contribution in [3.05, 3.63) is 0 Å². The van der Waals surface area contributed by atoms with Gasteiger partial charge in [-0.2, -0.15) is 11.8 Å². The van der Waals surface area contributed by atoms with Crippen LogP contribution in [-0.4, -0.2) is 59.7 Å². The molecule has 3 rings (SSSR count). The van der Waals surface area contributed by atoms with Gasteiger partial charge in [0.05, 0.1) is 11.6 Å². The van der Waals surface area contributed by atoms with Gasteiger partial charge in [-0.25, -0.2) is 0 Å². The minimum atomic E-state index is -0.0544. The molecule has 1 amide bonds. The van der Waals surface area contributed by atoms with Crippen molar-refractivity contribution in [1.82, 2.24) is 10.2 Å². The minimum Gasteiger partial charge on any atom is -0.375 e. The molecular formula is C16H28N2O2S. The van der Waals surface area contributed by atoms with Crippen molar-refractivity contribution in [3.8, 4) is 0 Å². The molecule has 0 aromatic carbocycles. The van der Waals surface area contributed by atoms with Gasteiger partial charge in [-0.05, 0) is 57.0 Å². The highest BCUT2D eigenvalue weighted by molar-refractivity contribution is 7.99. The first-order chi connectivity index (χ1) is 10.2. The van der Waals surface area contributed by atoms with Crippen molar-refractivity contribution in [2.75, 3.05) is 31.2 Å². The average molecular weight is 312 g/mol. The molecule has 120 valence electrons. The van der Waals surface area contributed by atoms with Crippen molar-refractivity contribution in [2.24, 2.45) is 0 Å². The van der Waals surface area contributed by atoms with Gasteiger partial charge < -0.3 is 15.0 Å². The lowest BCUT2D eigenvalue weighted by Gasteiger charge is -2.44. The summed E-state index contributed by atoms with van der Waals surface area (Å²) in [6, 6.07) is 0.379. The Labute approximate surface area is 132 Å². The molecule has 0 radical (unpaired) electrons. The predicted molar refractivity (Wildman–Crippen MR) is 86.7 cm³/mol. The van der Waals surface area contributed by atoms with Gasteiger partial charge in [-0.1, -0.05) is 0 Å². The van der Waals surface area contributed by atoms with E-state index in [9.17, 15) is 4.79 Å². The third-order valence-electron chi connectivity index (χ3n) is 5.17. The van der Waals surface area contributed by atoms with E-state index in [0.29, 0.717) is 6.04 Å². The molecule has 2 atom stereocenters. The van der Waals surface area contributed by atoms with E-state index in [-0.39, 0.29) is 17.6 Å². The van der Waals surface area contributed by atoms with Gasteiger partial charge in [-0.3, -0.25) is 4.79 Å². The molecule has 3 aliphatic heterocycles. The SMILES string of the molecule is CC(NC1CCOC2(CCSCC2)C1)C(=O)N1CCCC1. The van der Waals surface area contributed by atoms with Crippen LogP contribution in [0.25, 0.3) is 0 Å². The fourth-order valence-corrected chi connectivity index (χ4v) is 5.13. The summed E-state index contributed by atoms with van der Waals surface area (Å²) >= 11 is 2.04. The van der Waals surface area contributed by atoms with Crippen LogP contribution >= 0.6 is 11.8 Å². The molecule has 0 bridgehead atoms. The Morgan fingerprint density at radius 1 is 1.33 bits per heavy atom. The second-order valence-corrected chi connectivity index (χ2v) is 7.98. The number of carbonyl (C=O) groups is 1. The number of carbonyl (C=O) groups excluding carboxylic acids is 1. The molecule has 4 nitrogen and oxygen atoms in total. The predicted octanol–water partition coefficient (Wildman–Crippen LogP) is 2.03. The zero-order chi connectivity index (χ0) is 14.7. The van der Waals surface area contributed by atoms with E-state index in [1.807, 2.05) is 23.6 Å². The molecule has 3 aliphatic rings.